The first kappa shape index (κ1) is 12.7. The van der Waals surface area contributed by atoms with Crippen LogP contribution in [0.3, 0.4) is 0 Å². The van der Waals surface area contributed by atoms with Crippen molar-refractivity contribution in [2.45, 2.75) is 25.4 Å². The number of rotatable bonds is 1. The van der Waals surface area contributed by atoms with Gasteiger partial charge in [-0.05, 0) is 42.8 Å². The Bertz CT molecular complexity index is 579. The minimum atomic E-state index is 0.397. The molecular formula is C17H18ClN. The molecule has 2 atom stereocenters. The molecule has 0 radical (unpaired) electrons. The monoisotopic (exact) mass is 271 g/mol. The molecule has 0 saturated heterocycles. The third-order valence-corrected chi connectivity index (χ3v) is 4.43. The smallest absolute Gasteiger partial charge is 0.0409 e. The third-order valence-electron chi connectivity index (χ3n) is 4.20. The van der Waals surface area contributed by atoms with Crippen LogP contribution in [0.5, 0.6) is 0 Å². The van der Waals surface area contributed by atoms with Gasteiger partial charge in [0.2, 0.25) is 0 Å². The standard InChI is InChI=1S/C17H18ClN/c1-12-17(13-6-4-3-5-7-13)16-10-15(18)9-8-14(16)11-19(12)2/h3-10,12,17H,11H2,1-2H3/t12-,17?/m0/s1. The predicted octanol–water partition coefficient (Wildman–Crippen LogP) is 4.31. The molecule has 1 aliphatic heterocycles. The fourth-order valence-electron chi connectivity index (χ4n) is 3.04. The number of halogens is 1. The van der Waals surface area contributed by atoms with Gasteiger partial charge in [-0.3, -0.25) is 4.90 Å². The van der Waals surface area contributed by atoms with Crippen molar-refractivity contribution in [2.24, 2.45) is 0 Å². The van der Waals surface area contributed by atoms with E-state index in [-0.39, 0.29) is 0 Å². The quantitative estimate of drug-likeness (QED) is 0.747. The molecule has 0 bridgehead atoms. The largest absolute Gasteiger partial charge is 0.298 e. The van der Waals surface area contributed by atoms with Crippen molar-refractivity contribution in [3.8, 4) is 0 Å². The Kier molecular flexibility index (Phi) is 3.34. The maximum atomic E-state index is 6.20. The maximum absolute atomic E-state index is 6.20. The Labute approximate surface area is 119 Å². The lowest BCUT2D eigenvalue weighted by molar-refractivity contribution is 0.212. The SMILES string of the molecule is C[C@H]1C(c2ccccc2)c2cc(Cl)ccc2CN1C. The van der Waals surface area contributed by atoms with Crippen LogP contribution in [0.15, 0.2) is 48.5 Å². The normalized spacial score (nSPS) is 23.1. The highest BCUT2D eigenvalue weighted by Crippen LogP contribution is 2.38. The van der Waals surface area contributed by atoms with Crippen LogP contribution in [0.1, 0.15) is 29.5 Å². The van der Waals surface area contributed by atoms with E-state index in [0.717, 1.165) is 11.6 Å². The topological polar surface area (TPSA) is 3.24 Å². The summed E-state index contributed by atoms with van der Waals surface area (Å²) in [4.78, 5) is 2.41. The van der Waals surface area contributed by atoms with Gasteiger partial charge in [0.25, 0.3) is 0 Å². The van der Waals surface area contributed by atoms with Gasteiger partial charge in [0.05, 0.1) is 0 Å². The second kappa shape index (κ2) is 4.99. The molecular weight excluding hydrogens is 254 g/mol. The molecule has 1 heterocycles. The van der Waals surface area contributed by atoms with E-state index in [1.807, 2.05) is 6.07 Å². The van der Waals surface area contributed by atoms with E-state index >= 15 is 0 Å². The van der Waals surface area contributed by atoms with Crippen molar-refractivity contribution in [3.05, 3.63) is 70.2 Å². The Morgan fingerprint density at radius 3 is 2.58 bits per heavy atom. The van der Waals surface area contributed by atoms with E-state index in [1.165, 1.54) is 16.7 Å². The molecule has 0 aromatic heterocycles. The average molecular weight is 272 g/mol. The zero-order valence-corrected chi connectivity index (χ0v) is 12.1. The van der Waals surface area contributed by atoms with E-state index in [0.29, 0.717) is 12.0 Å². The van der Waals surface area contributed by atoms with Gasteiger partial charge >= 0.3 is 0 Å². The van der Waals surface area contributed by atoms with E-state index < -0.39 is 0 Å². The van der Waals surface area contributed by atoms with Crippen molar-refractivity contribution in [1.82, 2.24) is 4.90 Å². The molecule has 3 rings (SSSR count). The number of likely N-dealkylation sites (N-methyl/N-ethyl adjacent to an activating group) is 1. The molecule has 1 nitrogen and oxygen atoms in total. The molecule has 98 valence electrons. The van der Waals surface area contributed by atoms with Crippen LogP contribution in [0, 0.1) is 0 Å². The minimum Gasteiger partial charge on any atom is -0.298 e. The van der Waals surface area contributed by atoms with Crippen molar-refractivity contribution < 1.29 is 0 Å². The Balaban J connectivity index is 2.15. The van der Waals surface area contributed by atoms with E-state index in [4.69, 9.17) is 11.6 Å². The number of nitrogens with zero attached hydrogens (tertiary/aromatic N) is 1. The third kappa shape index (κ3) is 2.29. The average Bonchev–Trinajstić information content (AvgIpc) is 2.42. The van der Waals surface area contributed by atoms with Gasteiger partial charge in [-0.2, -0.15) is 0 Å². The first-order valence-corrected chi connectivity index (χ1v) is 7.08. The van der Waals surface area contributed by atoms with Crippen LogP contribution in [0.2, 0.25) is 5.02 Å². The highest BCUT2D eigenvalue weighted by molar-refractivity contribution is 6.30. The number of hydrogen-bond acceptors (Lipinski definition) is 1. The van der Waals surface area contributed by atoms with Crippen LogP contribution in [-0.4, -0.2) is 18.0 Å². The molecule has 1 unspecified atom stereocenters. The zero-order valence-electron chi connectivity index (χ0n) is 11.3. The first-order valence-electron chi connectivity index (χ1n) is 6.70. The lowest BCUT2D eigenvalue weighted by atomic mass is 9.80. The molecule has 2 aromatic rings. The van der Waals surface area contributed by atoms with Gasteiger partial charge in [-0.1, -0.05) is 48.0 Å². The Hall–Kier alpha value is -1.31. The maximum Gasteiger partial charge on any atom is 0.0409 e. The van der Waals surface area contributed by atoms with E-state index in [2.05, 4.69) is 61.3 Å². The Morgan fingerprint density at radius 2 is 1.84 bits per heavy atom. The van der Waals surface area contributed by atoms with E-state index in [9.17, 15) is 0 Å². The summed E-state index contributed by atoms with van der Waals surface area (Å²) in [5.41, 5.74) is 4.13. The number of hydrogen-bond donors (Lipinski definition) is 0. The second-order valence-electron chi connectivity index (χ2n) is 5.39. The summed E-state index contributed by atoms with van der Waals surface area (Å²) in [5.74, 6) is 0.397. The molecule has 1 aliphatic rings. The molecule has 0 N–H and O–H groups in total. The van der Waals surface area contributed by atoms with Crippen LogP contribution < -0.4 is 0 Å². The molecule has 0 spiro atoms. The summed E-state index contributed by atoms with van der Waals surface area (Å²) in [5, 5.41) is 0.830. The summed E-state index contributed by atoms with van der Waals surface area (Å²) in [6.07, 6.45) is 0. The molecule has 0 aliphatic carbocycles. The lowest BCUT2D eigenvalue weighted by Crippen LogP contribution is -2.39. The van der Waals surface area contributed by atoms with Gasteiger partial charge in [0.1, 0.15) is 0 Å². The summed E-state index contributed by atoms with van der Waals surface area (Å²) in [7, 11) is 2.19. The molecule has 2 heteroatoms. The van der Waals surface area contributed by atoms with Gasteiger partial charge in [-0.15, -0.1) is 0 Å². The molecule has 0 amide bonds. The highest BCUT2D eigenvalue weighted by Gasteiger charge is 2.31. The van der Waals surface area contributed by atoms with Crippen molar-refractivity contribution in [1.29, 1.82) is 0 Å². The van der Waals surface area contributed by atoms with Gasteiger partial charge in [0, 0.05) is 23.5 Å². The fraction of sp³-hybridized carbons (Fsp3) is 0.294. The number of benzene rings is 2. The Morgan fingerprint density at radius 1 is 1.11 bits per heavy atom. The van der Waals surface area contributed by atoms with Crippen molar-refractivity contribution in [3.63, 3.8) is 0 Å². The summed E-state index contributed by atoms with van der Waals surface area (Å²) in [6, 6.07) is 17.5. The first-order chi connectivity index (χ1) is 9.16. The summed E-state index contributed by atoms with van der Waals surface area (Å²) >= 11 is 6.20. The molecule has 0 fully saturated rings. The molecule has 0 saturated carbocycles. The highest BCUT2D eigenvalue weighted by atomic mass is 35.5. The van der Waals surface area contributed by atoms with Gasteiger partial charge < -0.3 is 0 Å². The minimum absolute atomic E-state index is 0.397. The zero-order chi connectivity index (χ0) is 13.4. The molecule has 2 aromatic carbocycles. The summed E-state index contributed by atoms with van der Waals surface area (Å²) in [6.45, 7) is 3.29. The summed E-state index contributed by atoms with van der Waals surface area (Å²) < 4.78 is 0. The van der Waals surface area contributed by atoms with Gasteiger partial charge in [-0.25, -0.2) is 0 Å². The van der Waals surface area contributed by atoms with Gasteiger partial charge in [0.15, 0.2) is 0 Å². The lowest BCUT2D eigenvalue weighted by Gasteiger charge is -2.39. The molecule has 19 heavy (non-hydrogen) atoms. The fourth-order valence-corrected chi connectivity index (χ4v) is 3.23. The second-order valence-corrected chi connectivity index (χ2v) is 5.82. The van der Waals surface area contributed by atoms with Crippen LogP contribution >= 0.6 is 11.6 Å². The van der Waals surface area contributed by atoms with Crippen LogP contribution in [0.25, 0.3) is 0 Å². The number of fused-ring (bicyclic) bond motifs is 1. The van der Waals surface area contributed by atoms with Crippen LogP contribution in [0.4, 0.5) is 0 Å². The van der Waals surface area contributed by atoms with Crippen molar-refractivity contribution in [2.75, 3.05) is 7.05 Å². The predicted molar refractivity (Wildman–Crippen MR) is 80.7 cm³/mol. The van der Waals surface area contributed by atoms with Crippen molar-refractivity contribution >= 4 is 11.6 Å². The van der Waals surface area contributed by atoms with Crippen LogP contribution in [-0.2, 0) is 6.54 Å². The van der Waals surface area contributed by atoms with E-state index in [1.54, 1.807) is 0 Å².